The first-order valence-corrected chi connectivity index (χ1v) is 11.0. The van der Waals surface area contributed by atoms with Crippen LogP contribution in [0.5, 0.6) is 0 Å². The Morgan fingerprint density at radius 2 is 1.38 bits per heavy atom. The number of aryl methyl sites for hydroxylation is 2. The van der Waals surface area contributed by atoms with E-state index in [0.29, 0.717) is 12.3 Å². The Morgan fingerprint density at radius 3 is 1.77 bits per heavy atom. The predicted octanol–water partition coefficient (Wildman–Crippen LogP) is 8.22. The van der Waals surface area contributed by atoms with Gasteiger partial charge in [-0.3, -0.25) is 4.79 Å². The van der Waals surface area contributed by atoms with Crippen LogP contribution in [0.25, 0.3) is 0 Å². The van der Waals surface area contributed by atoms with Gasteiger partial charge < -0.3 is 0 Å². The van der Waals surface area contributed by atoms with Gasteiger partial charge in [-0.05, 0) is 78.4 Å². The second-order valence-corrected chi connectivity index (χ2v) is 8.16. The highest BCUT2D eigenvalue weighted by Crippen LogP contribution is 2.20. The molecule has 1 nitrogen and oxygen atoms in total. The van der Waals surface area contributed by atoms with Crippen LogP contribution in [-0.4, -0.2) is 5.24 Å². The summed E-state index contributed by atoms with van der Waals surface area (Å²) in [7, 11) is 0. The summed E-state index contributed by atoms with van der Waals surface area (Å²) in [5.41, 5.74) is 4.80. The fraction of sp³-hybridized carbons (Fsp3) is 0.381. The third kappa shape index (κ3) is 9.55. The zero-order valence-corrected chi connectivity index (χ0v) is 20.6. The molecule has 0 aromatic heterocycles. The van der Waals surface area contributed by atoms with E-state index in [1.165, 1.54) is 22.3 Å². The molecule has 0 heterocycles. The molecule has 2 aromatic rings. The molecule has 2 rings (SSSR count). The van der Waals surface area contributed by atoms with Crippen LogP contribution in [0.2, 0.25) is 0 Å². The van der Waals surface area contributed by atoms with Gasteiger partial charge in [0.1, 0.15) is 0 Å². The van der Waals surface area contributed by atoms with E-state index in [-0.39, 0.29) is 11.2 Å². The van der Waals surface area contributed by atoms with Crippen LogP contribution in [0.1, 0.15) is 43.0 Å². The van der Waals surface area contributed by atoms with Crippen molar-refractivity contribution in [3.63, 3.8) is 0 Å². The molecular formula is C21H26Br2Cl2O. The minimum Gasteiger partial charge on any atom is -0.281 e. The Bertz CT molecular complexity index is 702. The number of hydrogen-bond acceptors (Lipinski definition) is 1. The van der Waals surface area contributed by atoms with Gasteiger partial charge in [0.2, 0.25) is 5.24 Å². The van der Waals surface area contributed by atoms with E-state index in [9.17, 15) is 4.79 Å². The summed E-state index contributed by atoms with van der Waals surface area (Å²) in [6.07, 6.45) is 0.702. The number of alkyl halides is 1. The molecule has 0 saturated carbocycles. The molecule has 0 aliphatic heterocycles. The van der Waals surface area contributed by atoms with Crippen molar-refractivity contribution < 1.29 is 4.79 Å². The van der Waals surface area contributed by atoms with Crippen molar-refractivity contribution in [3.05, 3.63) is 67.6 Å². The monoisotopic (exact) mass is 522 g/mol. The molecule has 144 valence electrons. The summed E-state index contributed by atoms with van der Waals surface area (Å²) < 4.78 is 2.13. The molecule has 0 amide bonds. The Kier molecular flexibility index (Phi) is 13.6. The van der Waals surface area contributed by atoms with E-state index >= 15 is 0 Å². The summed E-state index contributed by atoms with van der Waals surface area (Å²) in [5.74, 6) is 0.468. The molecule has 1 unspecified atom stereocenters. The summed E-state index contributed by atoms with van der Waals surface area (Å²) in [5, 5.41) is -0.274. The molecule has 2 aromatic carbocycles. The van der Waals surface area contributed by atoms with Gasteiger partial charge in [0.25, 0.3) is 0 Å². The number of carbonyl (C=O) groups is 1. The highest BCUT2D eigenvalue weighted by molar-refractivity contribution is 9.10. The number of hydrogen-bond donors (Lipinski definition) is 0. The van der Waals surface area contributed by atoms with Crippen LogP contribution in [0.3, 0.4) is 0 Å². The molecule has 0 aliphatic rings. The average molecular weight is 525 g/mol. The lowest BCUT2D eigenvalue weighted by molar-refractivity contribution is -0.114. The molecule has 0 bridgehead atoms. The van der Waals surface area contributed by atoms with Crippen molar-refractivity contribution in [2.45, 2.75) is 46.9 Å². The van der Waals surface area contributed by atoms with Crippen molar-refractivity contribution >= 4 is 60.3 Å². The minimum absolute atomic E-state index is 0.121. The standard InChI is InChI=1S/C11H12BrClO.C8H8BrCl.C2H6/c1-7-3-4-10(12)6-9(7)5-8(2)11(13)14;1-6-2-3-8(9)4-7(6)5-10;1-2/h3-4,6,8H,5H2,1-2H3;2-4H,5H2,1H3;1-2H3. The Hall–Kier alpha value is -0.350. The van der Waals surface area contributed by atoms with E-state index < -0.39 is 0 Å². The molecule has 0 spiro atoms. The molecule has 0 saturated heterocycles. The highest BCUT2D eigenvalue weighted by Gasteiger charge is 2.12. The largest absolute Gasteiger partial charge is 0.281 e. The number of benzene rings is 2. The van der Waals surface area contributed by atoms with Gasteiger partial charge in [-0.15, -0.1) is 11.6 Å². The molecular weight excluding hydrogens is 499 g/mol. The van der Waals surface area contributed by atoms with Gasteiger partial charge in [0.15, 0.2) is 0 Å². The number of rotatable bonds is 4. The Balaban J connectivity index is 0.000000458. The topological polar surface area (TPSA) is 17.1 Å². The van der Waals surface area contributed by atoms with Gasteiger partial charge in [0, 0.05) is 20.7 Å². The average Bonchev–Trinajstić information content (AvgIpc) is 2.62. The summed E-state index contributed by atoms with van der Waals surface area (Å²) in [6.45, 7) is 9.94. The van der Waals surface area contributed by atoms with Crippen LogP contribution in [0.15, 0.2) is 45.3 Å². The fourth-order valence-corrected chi connectivity index (χ4v) is 3.24. The molecule has 5 heteroatoms. The maximum absolute atomic E-state index is 10.9. The van der Waals surface area contributed by atoms with Crippen LogP contribution < -0.4 is 0 Å². The third-order valence-electron chi connectivity index (χ3n) is 3.68. The molecule has 0 fully saturated rings. The first-order chi connectivity index (χ1) is 12.2. The van der Waals surface area contributed by atoms with Crippen molar-refractivity contribution in [2.24, 2.45) is 5.92 Å². The molecule has 0 aliphatic carbocycles. The third-order valence-corrected chi connectivity index (χ3v) is 5.33. The first kappa shape index (κ1) is 25.6. The van der Waals surface area contributed by atoms with Gasteiger partial charge in [0.05, 0.1) is 0 Å². The van der Waals surface area contributed by atoms with Crippen LogP contribution >= 0.6 is 55.1 Å². The smallest absolute Gasteiger partial charge is 0.224 e. The quantitative estimate of drug-likeness (QED) is 0.291. The molecule has 1 atom stereocenters. The maximum atomic E-state index is 10.9. The molecule has 0 N–H and O–H groups in total. The van der Waals surface area contributed by atoms with Crippen molar-refractivity contribution in [2.75, 3.05) is 0 Å². The van der Waals surface area contributed by atoms with Crippen molar-refractivity contribution in [1.82, 2.24) is 0 Å². The molecule has 26 heavy (non-hydrogen) atoms. The lowest BCUT2D eigenvalue weighted by atomic mass is 9.98. The summed E-state index contributed by atoms with van der Waals surface area (Å²) in [4.78, 5) is 10.9. The van der Waals surface area contributed by atoms with Gasteiger partial charge in [-0.1, -0.05) is 64.8 Å². The fourth-order valence-electron chi connectivity index (χ4n) is 2.05. The van der Waals surface area contributed by atoms with Gasteiger partial charge in [-0.25, -0.2) is 0 Å². The lowest BCUT2D eigenvalue weighted by Crippen LogP contribution is -2.08. The Morgan fingerprint density at radius 1 is 0.962 bits per heavy atom. The van der Waals surface area contributed by atoms with Crippen molar-refractivity contribution in [1.29, 1.82) is 0 Å². The number of carbonyl (C=O) groups excluding carboxylic acids is 1. The zero-order chi connectivity index (χ0) is 20.3. The van der Waals surface area contributed by atoms with Crippen LogP contribution in [0.4, 0.5) is 0 Å². The van der Waals surface area contributed by atoms with E-state index in [1.54, 1.807) is 0 Å². The first-order valence-electron chi connectivity index (χ1n) is 8.50. The van der Waals surface area contributed by atoms with E-state index in [1.807, 2.05) is 58.0 Å². The van der Waals surface area contributed by atoms with Gasteiger partial charge >= 0.3 is 0 Å². The van der Waals surface area contributed by atoms with E-state index in [4.69, 9.17) is 23.2 Å². The minimum atomic E-state index is -0.274. The summed E-state index contributed by atoms with van der Waals surface area (Å²) >= 11 is 17.9. The van der Waals surface area contributed by atoms with E-state index in [0.717, 1.165) is 8.95 Å². The zero-order valence-electron chi connectivity index (χ0n) is 15.9. The molecule has 0 radical (unpaired) electrons. The second kappa shape index (κ2) is 13.8. The van der Waals surface area contributed by atoms with E-state index in [2.05, 4.69) is 44.8 Å². The lowest BCUT2D eigenvalue weighted by Gasteiger charge is -2.09. The Labute approximate surface area is 184 Å². The SMILES string of the molecule is CC.Cc1ccc(Br)cc1CC(C)C(=O)Cl.Cc1ccc(Br)cc1CCl. The predicted molar refractivity (Wildman–Crippen MR) is 122 cm³/mol. The van der Waals surface area contributed by atoms with Crippen molar-refractivity contribution in [3.8, 4) is 0 Å². The number of halogens is 4. The second-order valence-electron chi connectivity index (χ2n) is 5.68. The van der Waals surface area contributed by atoms with Gasteiger partial charge in [-0.2, -0.15) is 0 Å². The normalized spacial score (nSPS) is 10.8. The summed E-state index contributed by atoms with van der Waals surface area (Å²) in [6, 6.07) is 12.2. The van der Waals surface area contributed by atoms with Crippen LogP contribution in [0, 0.1) is 19.8 Å². The maximum Gasteiger partial charge on any atom is 0.224 e. The highest BCUT2D eigenvalue weighted by atomic mass is 79.9. The van der Waals surface area contributed by atoms with Crippen LogP contribution in [-0.2, 0) is 17.1 Å².